The molecule has 3 aromatic carbocycles. The highest BCUT2D eigenvalue weighted by Gasteiger charge is 2.19. The van der Waals surface area contributed by atoms with Gasteiger partial charge in [-0.25, -0.2) is 17.5 Å². The van der Waals surface area contributed by atoms with Crippen molar-refractivity contribution < 1.29 is 17.6 Å². The third kappa shape index (κ3) is 5.07. The van der Waals surface area contributed by atoms with E-state index in [1.165, 1.54) is 0 Å². The normalized spacial score (nSPS) is 11.3. The molecule has 0 bridgehead atoms. The Balaban J connectivity index is 1.81. The summed E-state index contributed by atoms with van der Waals surface area (Å²) < 4.78 is 41.8. The van der Waals surface area contributed by atoms with E-state index in [0.717, 1.165) is 34.9 Å². The number of halogens is 1. The van der Waals surface area contributed by atoms with E-state index in [0.29, 0.717) is 5.69 Å². The molecule has 150 valence electrons. The highest BCUT2D eigenvalue weighted by molar-refractivity contribution is 7.89. The van der Waals surface area contributed by atoms with Crippen LogP contribution >= 0.6 is 0 Å². The molecule has 0 saturated carbocycles. The fourth-order valence-electron chi connectivity index (χ4n) is 2.72. The molecule has 5 nitrogen and oxygen atoms in total. The van der Waals surface area contributed by atoms with Gasteiger partial charge in [0.25, 0.3) is 5.91 Å². The molecule has 0 aromatic heterocycles. The highest BCUT2D eigenvalue weighted by atomic mass is 32.2. The fraction of sp³-hybridized carbons (Fsp3) is 0.136. The lowest BCUT2D eigenvalue weighted by molar-refractivity contribution is 0.102. The van der Waals surface area contributed by atoms with Gasteiger partial charge >= 0.3 is 0 Å². The van der Waals surface area contributed by atoms with Gasteiger partial charge in [-0.1, -0.05) is 36.4 Å². The zero-order valence-electron chi connectivity index (χ0n) is 16.1. The molecule has 29 heavy (non-hydrogen) atoms. The van der Waals surface area contributed by atoms with Gasteiger partial charge < -0.3 is 5.32 Å². The number of carbonyl (C=O) groups excluding carboxylic acids is 1. The number of nitrogens with one attached hydrogen (secondary N) is 2. The van der Waals surface area contributed by atoms with Crippen molar-refractivity contribution in [2.24, 2.45) is 0 Å². The summed E-state index contributed by atoms with van der Waals surface area (Å²) in [6, 6.07) is 17.5. The number of anilines is 1. The van der Waals surface area contributed by atoms with Crippen LogP contribution in [0, 0.1) is 19.7 Å². The molecule has 0 saturated heterocycles. The quantitative estimate of drug-likeness (QED) is 0.638. The maximum absolute atomic E-state index is 14.2. The van der Waals surface area contributed by atoms with Crippen molar-refractivity contribution in [2.45, 2.75) is 25.3 Å². The molecule has 1 amide bonds. The Kier molecular flexibility index (Phi) is 6.10. The summed E-state index contributed by atoms with van der Waals surface area (Å²) in [5.41, 5.74) is 2.99. The van der Waals surface area contributed by atoms with Crippen molar-refractivity contribution in [3.8, 4) is 0 Å². The molecule has 0 spiro atoms. The molecule has 0 heterocycles. The summed E-state index contributed by atoms with van der Waals surface area (Å²) in [7, 11) is -3.91. The molecule has 2 N–H and O–H groups in total. The average Bonchev–Trinajstić information content (AvgIpc) is 2.70. The standard InChI is InChI=1S/C22H21FN2O3S/c1-15-8-9-18(12-16(15)2)25-22(26)20-13-19(10-11-21(20)23)29(27,28)24-14-17-6-4-3-5-7-17/h3-13,24H,14H2,1-2H3,(H,25,26). The SMILES string of the molecule is Cc1ccc(NC(=O)c2cc(S(=O)(=O)NCc3ccccc3)ccc2F)cc1C. The van der Waals surface area contributed by atoms with Crippen LogP contribution in [0.15, 0.2) is 71.6 Å². The Bertz CT molecular complexity index is 1150. The number of rotatable bonds is 6. The van der Waals surface area contributed by atoms with Crippen LogP contribution in [0.1, 0.15) is 27.0 Å². The van der Waals surface area contributed by atoms with Crippen LogP contribution < -0.4 is 10.0 Å². The fourth-order valence-corrected chi connectivity index (χ4v) is 3.76. The number of hydrogen-bond acceptors (Lipinski definition) is 3. The van der Waals surface area contributed by atoms with Crippen molar-refractivity contribution in [2.75, 3.05) is 5.32 Å². The van der Waals surface area contributed by atoms with E-state index >= 15 is 0 Å². The molecule has 3 rings (SSSR count). The third-order valence-electron chi connectivity index (χ3n) is 4.57. The second-order valence-corrected chi connectivity index (χ2v) is 8.47. The van der Waals surface area contributed by atoms with Crippen LogP contribution in [0.2, 0.25) is 0 Å². The summed E-state index contributed by atoms with van der Waals surface area (Å²) >= 11 is 0. The number of sulfonamides is 1. The van der Waals surface area contributed by atoms with Gasteiger partial charge in [0.1, 0.15) is 5.82 Å². The van der Waals surface area contributed by atoms with E-state index in [9.17, 15) is 17.6 Å². The van der Waals surface area contributed by atoms with Crippen molar-refractivity contribution in [3.05, 3.63) is 94.8 Å². The Labute approximate surface area is 169 Å². The molecular weight excluding hydrogens is 391 g/mol. The Morgan fingerprint density at radius 3 is 2.34 bits per heavy atom. The van der Waals surface area contributed by atoms with Crippen LogP contribution in [0.4, 0.5) is 10.1 Å². The zero-order chi connectivity index (χ0) is 21.0. The lowest BCUT2D eigenvalue weighted by atomic mass is 10.1. The Morgan fingerprint density at radius 2 is 1.66 bits per heavy atom. The Hall–Kier alpha value is -3.03. The van der Waals surface area contributed by atoms with E-state index in [1.807, 2.05) is 26.0 Å². The molecule has 0 aliphatic carbocycles. The molecule has 0 radical (unpaired) electrons. The predicted molar refractivity (Wildman–Crippen MR) is 111 cm³/mol. The van der Waals surface area contributed by atoms with Gasteiger partial charge in [-0.15, -0.1) is 0 Å². The summed E-state index contributed by atoms with van der Waals surface area (Å²) in [4.78, 5) is 12.3. The van der Waals surface area contributed by atoms with E-state index in [-0.39, 0.29) is 17.0 Å². The maximum Gasteiger partial charge on any atom is 0.258 e. The lowest BCUT2D eigenvalue weighted by Gasteiger charge is -2.11. The summed E-state index contributed by atoms with van der Waals surface area (Å²) in [6.45, 7) is 3.93. The van der Waals surface area contributed by atoms with Crippen LogP contribution in [0.25, 0.3) is 0 Å². The molecule has 0 aliphatic rings. The van der Waals surface area contributed by atoms with E-state index in [1.54, 1.807) is 36.4 Å². The third-order valence-corrected chi connectivity index (χ3v) is 5.97. The minimum Gasteiger partial charge on any atom is -0.322 e. The van der Waals surface area contributed by atoms with Gasteiger partial charge in [-0.3, -0.25) is 4.79 Å². The van der Waals surface area contributed by atoms with Gasteiger partial charge in [0, 0.05) is 12.2 Å². The maximum atomic E-state index is 14.2. The van der Waals surface area contributed by atoms with Gasteiger partial charge in [0.2, 0.25) is 10.0 Å². The van der Waals surface area contributed by atoms with Gasteiger partial charge in [0.15, 0.2) is 0 Å². The van der Waals surface area contributed by atoms with Crippen LogP contribution in [0.3, 0.4) is 0 Å². The summed E-state index contributed by atoms with van der Waals surface area (Å²) in [5.74, 6) is -1.51. The topological polar surface area (TPSA) is 75.3 Å². The van der Waals surface area contributed by atoms with E-state index in [2.05, 4.69) is 10.0 Å². The lowest BCUT2D eigenvalue weighted by Crippen LogP contribution is -2.24. The second-order valence-electron chi connectivity index (χ2n) is 6.70. The zero-order valence-corrected chi connectivity index (χ0v) is 16.9. The highest BCUT2D eigenvalue weighted by Crippen LogP contribution is 2.19. The first-order chi connectivity index (χ1) is 13.8. The van der Waals surface area contributed by atoms with E-state index in [4.69, 9.17) is 0 Å². The minimum absolute atomic E-state index is 0.0880. The average molecular weight is 412 g/mol. The molecule has 3 aromatic rings. The van der Waals surface area contributed by atoms with Crippen molar-refractivity contribution in [1.29, 1.82) is 0 Å². The van der Waals surface area contributed by atoms with Crippen LogP contribution in [-0.2, 0) is 16.6 Å². The van der Waals surface area contributed by atoms with E-state index < -0.39 is 21.7 Å². The monoisotopic (exact) mass is 412 g/mol. The van der Waals surface area contributed by atoms with Gasteiger partial charge in [0.05, 0.1) is 10.5 Å². The number of amides is 1. The molecule has 0 fully saturated rings. The summed E-state index contributed by atoms with van der Waals surface area (Å²) in [5, 5.41) is 2.61. The van der Waals surface area contributed by atoms with Crippen molar-refractivity contribution in [3.63, 3.8) is 0 Å². The Morgan fingerprint density at radius 1 is 0.931 bits per heavy atom. The molecule has 0 unspecified atom stereocenters. The second kappa shape index (κ2) is 8.55. The van der Waals surface area contributed by atoms with Crippen molar-refractivity contribution >= 4 is 21.6 Å². The number of hydrogen-bond donors (Lipinski definition) is 2. The van der Waals surface area contributed by atoms with Gasteiger partial charge in [-0.05, 0) is 60.9 Å². The molecular formula is C22H21FN2O3S. The number of benzene rings is 3. The molecule has 0 atom stereocenters. The predicted octanol–water partition coefficient (Wildman–Crippen LogP) is 4.17. The van der Waals surface area contributed by atoms with Gasteiger partial charge in [-0.2, -0.15) is 0 Å². The number of aryl methyl sites for hydroxylation is 2. The van der Waals surface area contributed by atoms with Crippen molar-refractivity contribution in [1.82, 2.24) is 4.72 Å². The minimum atomic E-state index is -3.91. The largest absolute Gasteiger partial charge is 0.322 e. The molecule has 7 heteroatoms. The first-order valence-corrected chi connectivity index (χ1v) is 10.5. The van der Waals surface area contributed by atoms with Crippen LogP contribution in [0.5, 0.6) is 0 Å². The molecule has 0 aliphatic heterocycles. The smallest absolute Gasteiger partial charge is 0.258 e. The van der Waals surface area contributed by atoms with Crippen LogP contribution in [-0.4, -0.2) is 14.3 Å². The first kappa shape index (κ1) is 20.7. The first-order valence-electron chi connectivity index (χ1n) is 8.98. The summed E-state index contributed by atoms with van der Waals surface area (Å²) in [6.07, 6.45) is 0. The number of carbonyl (C=O) groups is 1.